The molecule has 0 radical (unpaired) electrons. The number of hydrogen-bond donors (Lipinski definition) is 2. The molecular weight excluding hydrogens is 230 g/mol. The number of nitrogens with zero attached hydrogens (tertiary/aromatic N) is 1. The Bertz CT molecular complexity index is 409. The molecule has 2 atom stereocenters. The number of nitriles is 1. The second-order valence-electron chi connectivity index (χ2n) is 3.07. The van der Waals surface area contributed by atoms with Gasteiger partial charge in [0.25, 0.3) is 0 Å². The molecule has 0 aromatic carbocycles. The maximum absolute atomic E-state index is 11.3. The first-order valence-electron chi connectivity index (χ1n) is 4.50. The van der Waals surface area contributed by atoms with Gasteiger partial charge in [-0.15, -0.1) is 11.3 Å². The zero-order valence-corrected chi connectivity index (χ0v) is 9.40. The summed E-state index contributed by atoms with van der Waals surface area (Å²) in [5, 5.41) is 29.2. The third-order valence-electron chi connectivity index (χ3n) is 2.05. The molecule has 0 saturated carbocycles. The second-order valence-corrected chi connectivity index (χ2v) is 3.99. The fourth-order valence-corrected chi connectivity index (χ4v) is 2.08. The number of ether oxygens (including phenoxy) is 1. The topological polar surface area (TPSA) is 90.6 Å². The summed E-state index contributed by atoms with van der Waals surface area (Å²) < 4.78 is 4.54. The molecule has 0 saturated heterocycles. The molecule has 2 N–H and O–H groups in total. The zero-order chi connectivity index (χ0) is 12.1. The summed E-state index contributed by atoms with van der Waals surface area (Å²) in [6.07, 6.45) is -2.65. The minimum Gasteiger partial charge on any atom is -0.465 e. The average Bonchev–Trinajstić information content (AvgIpc) is 2.76. The van der Waals surface area contributed by atoms with Crippen LogP contribution in [0, 0.1) is 11.3 Å². The van der Waals surface area contributed by atoms with Gasteiger partial charge in [0, 0.05) is 5.56 Å². The summed E-state index contributed by atoms with van der Waals surface area (Å²) in [5.41, 5.74) is 0.291. The fourth-order valence-electron chi connectivity index (χ4n) is 1.22. The van der Waals surface area contributed by atoms with E-state index in [0.717, 1.165) is 11.3 Å². The molecule has 0 aliphatic rings. The Morgan fingerprint density at radius 2 is 2.38 bits per heavy atom. The molecular formula is C10H11NO4S. The third kappa shape index (κ3) is 2.58. The Balaban J connectivity index is 2.92. The highest BCUT2D eigenvalue weighted by Gasteiger charge is 2.25. The fraction of sp³-hybridized carbons (Fsp3) is 0.400. The number of rotatable bonds is 4. The first-order chi connectivity index (χ1) is 7.61. The number of aliphatic hydroxyl groups excluding tert-OH is 2. The highest BCUT2D eigenvalue weighted by atomic mass is 32.1. The van der Waals surface area contributed by atoms with E-state index >= 15 is 0 Å². The first-order valence-corrected chi connectivity index (χ1v) is 5.38. The van der Waals surface area contributed by atoms with Crippen molar-refractivity contribution in [2.45, 2.75) is 18.6 Å². The van der Waals surface area contributed by atoms with E-state index in [1.54, 1.807) is 11.4 Å². The summed E-state index contributed by atoms with van der Waals surface area (Å²) in [5.74, 6) is -0.562. The van der Waals surface area contributed by atoms with Crippen molar-refractivity contribution < 1.29 is 19.7 Å². The Hall–Kier alpha value is -1.42. The largest absolute Gasteiger partial charge is 0.465 e. The summed E-state index contributed by atoms with van der Waals surface area (Å²) in [6, 6.07) is 3.28. The minimum absolute atomic E-state index is 0.197. The predicted octanol–water partition coefficient (Wildman–Crippen LogP) is 0.843. The molecule has 0 aliphatic carbocycles. The van der Waals surface area contributed by atoms with Crippen molar-refractivity contribution in [3.63, 3.8) is 0 Å². The van der Waals surface area contributed by atoms with E-state index in [9.17, 15) is 15.0 Å². The minimum atomic E-state index is -1.25. The van der Waals surface area contributed by atoms with Crippen LogP contribution < -0.4 is 0 Å². The molecule has 1 aromatic rings. The number of methoxy groups -OCH3 is 1. The van der Waals surface area contributed by atoms with Gasteiger partial charge in [0.1, 0.15) is 11.0 Å². The van der Waals surface area contributed by atoms with Crippen LogP contribution in [0.4, 0.5) is 0 Å². The maximum Gasteiger partial charge on any atom is 0.348 e. The van der Waals surface area contributed by atoms with Gasteiger partial charge in [-0.05, 0) is 11.4 Å². The summed E-state index contributed by atoms with van der Waals surface area (Å²) in [4.78, 5) is 11.6. The molecule has 1 heterocycles. The van der Waals surface area contributed by atoms with Crippen LogP contribution in [0.3, 0.4) is 0 Å². The van der Waals surface area contributed by atoms with E-state index in [-0.39, 0.29) is 11.3 Å². The molecule has 0 aliphatic heterocycles. The SMILES string of the molecule is COC(=O)c1sccc1C(O)C(O)CC#N. The summed E-state index contributed by atoms with van der Waals surface area (Å²) in [7, 11) is 1.24. The van der Waals surface area contributed by atoms with Crippen molar-refractivity contribution in [1.82, 2.24) is 0 Å². The second kappa shape index (κ2) is 5.61. The molecule has 0 amide bonds. The number of esters is 1. The van der Waals surface area contributed by atoms with Crippen LogP contribution in [0.25, 0.3) is 0 Å². The highest BCUT2D eigenvalue weighted by Crippen LogP contribution is 2.27. The van der Waals surface area contributed by atoms with Gasteiger partial charge in [0.2, 0.25) is 0 Å². The van der Waals surface area contributed by atoms with Crippen molar-refractivity contribution >= 4 is 17.3 Å². The quantitative estimate of drug-likeness (QED) is 0.762. The standard InChI is InChI=1S/C10H11NO4S/c1-15-10(14)9-6(3-5-16-9)8(13)7(12)2-4-11/h3,5,7-8,12-13H,2H2,1H3. The van der Waals surface area contributed by atoms with Crippen LogP contribution in [0.15, 0.2) is 11.4 Å². The average molecular weight is 241 g/mol. The predicted molar refractivity (Wildman–Crippen MR) is 56.9 cm³/mol. The van der Waals surface area contributed by atoms with Crippen molar-refractivity contribution in [3.05, 3.63) is 21.9 Å². The number of carbonyl (C=O) groups excluding carboxylic acids is 1. The van der Waals surface area contributed by atoms with Crippen LogP contribution in [-0.2, 0) is 4.74 Å². The van der Waals surface area contributed by atoms with E-state index < -0.39 is 18.2 Å². The maximum atomic E-state index is 11.3. The number of carbonyl (C=O) groups is 1. The van der Waals surface area contributed by atoms with E-state index in [2.05, 4.69) is 4.74 Å². The van der Waals surface area contributed by atoms with Gasteiger partial charge in [-0.3, -0.25) is 0 Å². The lowest BCUT2D eigenvalue weighted by atomic mass is 10.0. The number of thiophene rings is 1. The number of hydrogen-bond acceptors (Lipinski definition) is 6. The third-order valence-corrected chi connectivity index (χ3v) is 2.96. The molecule has 86 valence electrons. The Labute approximate surface area is 96.5 Å². The monoisotopic (exact) mass is 241 g/mol. The van der Waals surface area contributed by atoms with E-state index in [1.165, 1.54) is 13.2 Å². The zero-order valence-electron chi connectivity index (χ0n) is 8.58. The van der Waals surface area contributed by atoms with Crippen LogP contribution in [-0.4, -0.2) is 29.4 Å². The molecule has 16 heavy (non-hydrogen) atoms. The van der Waals surface area contributed by atoms with E-state index in [4.69, 9.17) is 5.26 Å². The molecule has 0 spiro atoms. The van der Waals surface area contributed by atoms with Crippen molar-refractivity contribution in [2.75, 3.05) is 7.11 Å². The van der Waals surface area contributed by atoms with Crippen LogP contribution in [0.2, 0.25) is 0 Å². The van der Waals surface area contributed by atoms with Gasteiger partial charge in [-0.25, -0.2) is 4.79 Å². The van der Waals surface area contributed by atoms with Crippen LogP contribution in [0.1, 0.15) is 27.8 Å². The summed E-state index contributed by atoms with van der Waals surface area (Å²) in [6.45, 7) is 0. The smallest absolute Gasteiger partial charge is 0.348 e. The van der Waals surface area contributed by atoms with Crippen LogP contribution in [0.5, 0.6) is 0 Å². The Morgan fingerprint density at radius 3 is 2.94 bits per heavy atom. The molecule has 1 aromatic heterocycles. The molecule has 0 bridgehead atoms. The Morgan fingerprint density at radius 1 is 1.69 bits per heavy atom. The van der Waals surface area contributed by atoms with Crippen LogP contribution >= 0.6 is 11.3 Å². The molecule has 6 heteroatoms. The lowest BCUT2D eigenvalue weighted by molar-refractivity contribution is 0.0206. The van der Waals surface area contributed by atoms with Gasteiger partial charge in [0.05, 0.1) is 25.7 Å². The molecule has 2 unspecified atom stereocenters. The van der Waals surface area contributed by atoms with Gasteiger partial charge in [-0.1, -0.05) is 0 Å². The van der Waals surface area contributed by atoms with Crippen molar-refractivity contribution in [2.24, 2.45) is 0 Å². The molecule has 0 fully saturated rings. The molecule has 1 rings (SSSR count). The van der Waals surface area contributed by atoms with E-state index in [0.29, 0.717) is 5.56 Å². The normalized spacial score (nSPS) is 13.9. The Kier molecular flexibility index (Phi) is 4.43. The van der Waals surface area contributed by atoms with Gasteiger partial charge >= 0.3 is 5.97 Å². The lowest BCUT2D eigenvalue weighted by Gasteiger charge is -2.15. The van der Waals surface area contributed by atoms with Crippen molar-refractivity contribution in [1.29, 1.82) is 5.26 Å². The van der Waals surface area contributed by atoms with Crippen molar-refractivity contribution in [3.8, 4) is 6.07 Å². The lowest BCUT2D eigenvalue weighted by Crippen LogP contribution is -2.19. The van der Waals surface area contributed by atoms with E-state index in [1.807, 2.05) is 0 Å². The van der Waals surface area contributed by atoms with Gasteiger partial charge < -0.3 is 14.9 Å². The highest BCUT2D eigenvalue weighted by molar-refractivity contribution is 7.12. The first kappa shape index (κ1) is 12.6. The van der Waals surface area contributed by atoms with Gasteiger partial charge in [-0.2, -0.15) is 5.26 Å². The van der Waals surface area contributed by atoms with Gasteiger partial charge in [0.15, 0.2) is 0 Å². The number of aliphatic hydroxyl groups is 2. The summed E-state index contributed by atoms with van der Waals surface area (Å²) >= 11 is 1.12. The molecule has 5 nitrogen and oxygen atoms in total.